The number of rotatable bonds is 24. The summed E-state index contributed by atoms with van der Waals surface area (Å²) in [5.41, 5.74) is 0.949. The van der Waals surface area contributed by atoms with E-state index in [2.05, 4.69) is 13.2 Å². The monoisotopic (exact) mass is 750 g/mol. The zero-order valence-electron chi connectivity index (χ0n) is 30.9. The number of unbranched alkanes of at least 4 members (excludes halogenated alkanes) is 8. The molecule has 0 spiro atoms. The first-order valence-electron chi connectivity index (χ1n) is 18.0. The molecule has 3 rings (SSSR count). The van der Waals surface area contributed by atoms with Crippen LogP contribution in [0, 0.1) is 11.6 Å². The van der Waals surface area contributed by atoms with Crippen molar-refractivity contribution in [1.82, 2.24) is 0 Å². The fourth-order valence-corrected chi connectivity index (χ4v) is 4.79. The summed E-state index contributed by atoms with van der Waals surface area (Å²) < 4.78 is 61.4. The maximum atomic E-state index is 14.8. The molecule has 54 heavy (non-hydrogen) atoms. The van der Waals surface area contributed by atoms with Crippen LogP contribution in [-0.4, -0.2) is 50.3 Å². The molecule has 3 aromatic rings. The third-order valence-corrected chi connectivity index (χ3v) is 7.87. The van der Waals surface area contributed by atoms with Crippen molar-refractivity contribution in [2.24, 2.45) is 0 Å². The van der Waals surface area contributed by atoms with Gasteiger partial charge in [-0.1, -0.05) is 51.7 Å². The first-order valence-corrected chi connectivity index (χ1v) is 18.0. The van der Waals surface area contributed by atoms with Crippen molar-refractivity contribution in [3.05, 3.63) is 108 Å². The second-order valence-corrected chi connectivity index (χ2v) is 12.6. The number of hydrogen-bond donors (Lipinski definition) is 0. The molecule has 0 saturated carbocycles. The molecule has 0 radical (unpaired) electrons. The minimum atomic E-state index is -1.49. The lowest BCUT2D eigenvalue weighted by molar-refractivity contribution is -0.139. The highest BCUT2D eigenvalue weighted by molar-refractivity contribution is 5.92. The van der Waals surface area contributed by atoms with Gasteiger partial charge in [0.15, 0.2) is 11.5 Å². The summed E-state index contributed by atoms with van der Waals surface area (Å²) >= 11 is 0. The number of esters is 4. The Morgan fingerprint density at radius 2 is 0.796 bits per heavy atom. The van der Waals surface area contributed by atoms with Crippen molar-refractivity contribution in [3.63, 3.8) is 0 Å². The van der Waals surface area contributed by atoms with Crippen molar-refractivity contribution in [1.29, 1.82) is 0 Å². The highest BCUT2D eigenvalue weighted by Gasteiger charge is 2.21. The fourth-order valence-electron chi connectivity index (χ4n) is 4.79. The predicted molar refractivity (Wildman–Crippen MR) is 198 cm³/mol. The molecule has 0 aliphatic rings. The fraction of sp³-hybridized carbons (Fsp3) is 0.381. The van der Waals surface area contributed by atoms with E-state index in [4.69, 9.17) is 28.4 Å². The van der Waals surface area contributed by atoms with E-state index in [0.717, 1.165) is 76.3 Å². The number of halogens is 2. The van der Waals surface area contributed by atoms with Crippen LogP contribution in [0.1, 0.15) is 98.8 Å². The van der Waals surface area contributed by atoms with Crippen LogP contribution in [0.25, 0.3) is 0 Å². The first kappa shape index (κ1) is 42.9. The average Bonchev–Trinajstić information content (AvgIpc) is 3.16. The Bertz CT molecular complexity index is 1590. The van der Waals surface area contributed by atoms with Crippen molar-refractivity contribution < 1.29 is 56.4 Å². The van der Waals surface area contributed by atoms with Crippen LogP contribution >= 0.6 is 0 Å². The molecule has 0 N–H and O–H groups in total. The molecule has 10 nitrogen and oxygen atoms in total. The summed E-state index contributed by atoms with van der Waals surface area (Å²) in [6, 6.07) is 14.1. The normalized spacial score (nSPS) is 10.6. The average molecular weight is 751 g/mol. The zero-order chi connectivity index (χ0) is 39.3. The van der Waals surface area contributed by atoms with Gasteiger partial charge in [0.05, 0.1) is 37.6 Å². The molecule has 0 unspecified atom stereocenters. The Kier molecular flexibility index (Phi) is 18.4. The molecule has 0 atom stereocenters. The standard InChI is InChI=1S/C42H48F2O10/c1-29(2)39(45)51-27-13-9-5-7-11-25-49-33-19-15-31(16-20-33)41(47)53-35-23-24-36(38(44)37(35)43)54-42(48)32-17-21-34(22-18-32)50-26-12-8-6-10-14-28-52-40(46)30(3)4/h15-24H,1,3,5-14,25-28H2,2,4H3. The largest absolute Gasteiger partial charge is 0.494 e. The first-order chi connectivity index (χ1) is 26.0. The zero-order valence-corrected chi connectivity index (χ0v) is 30.9. The number of benzene rings is 3. The van der Waals surface area contributed by atoms with E-state index in [1.807, 2.05) is 0 Å². The molecule has 0 fully saturated rings. The molecule has 0 aromatic heterocycles. The van der Waals surface area contributed by atoms with Gasteiger partial charge in [-0.05, 0) is 100 Å². The van der Waals surface area contributed by atoms with Gasteiger partial charge in [0, 0.05) is 11.1 Å². The van der Waals surface area contributed by atoms with Crippen LogP contribution in [-0.2, 0) is 19.1 Å². The lowest BCUT2D eigenvalue weighted by atomic mass is 10.1. The molecule has 0 bridgehead atoms. The molecule has 0 aliphatic carbocycles. The summed E-state index contributed by atoms with van der Waals surface area (Å²) in [4.78, 5) is 48.0. The SMILES string of the molecule is C=C(C)C(=O)OCCCCCCCOc1ccc(C(=O)Oc2ccc(OC(=O)c3ccc(OCCCCCCCOC(=O)C(=C)C)cc3)c(F)c2F)cc1. The quantitative estimate of drug-likeness (QED) is 0.0379. The van der Waals surface area contributed by atoms with Crippen LogP contribution in [0.15, 0.2) is 85.0 Å². The van der Waals surface area contributed by atoms with Crippen molar-refractivity contribution in [2.45, 2.75) is 78.1 Å². The second-order valence-electron chi connectivity index (χ2n) is 12.6. The summed E-state index contributed by atoms with van der Waals surface area (Å²) in [7, 11) is 0. The van der Waals surface area contributed by atoms with Crippen molar-refractivity contribution in [3.8, 4) is 23.0 Å². The van der Waals surface area contributed by atoms with E-state index in [1.54, 1.807) is 38.1 Å². The van der Waals surface area contributed by atoms with E-state index < -0.39 is 35.1 Å². The van der Waals surface area contributed by atoms with Gasteiger partial charge in [-0.2, -0.15) is 8.78 Å². The predicted octanol–water partition coefficient (Wildman–Crippen LogP) is 9.30. The van der Waals surface area contributed by atoms with E-state index in [9.17, 15) is 28.0 Å². The molecule has 0 amide bonds. The van der Waals surface area contributed by atoms with E-state index in [-0.39, 0.29) is 23.1 Å². The Morgan fingerprint density at radius 1 is 0.481 bits per heavy atom. The van der Waals surface area contributed by atoms with Gasteiger partial charge in [0.2, 0.25) is 11.6 Å². The van der Waals surface area contributed by atoms with E-state index in [0.29, 0.717) is 49.1 Å². The molecule has 12 heteroatoms. The van der Waals surface area contributed by atoms with Gasteiger partial charge < -0.3 is 28.4 Å². The van der Waals surface area contributed by atoms with Gasteiger partial charge in [-0.15, -0.1) is 0 Å². The smallest absolute Gasteiger partial charge is 0.343 e. The molecule has 3 aromatic carbocycles. The van der Waals surface area contributed by atoms with Gasteiger partial charge in [-0.25, -0.2) is 19.2 Å². The van der Waals surface area contributed by atoms with Crippen LogP contribution in [0.4, 0.5) is 8.78 Å². The lowest BCUT2D eigenvalue weighted by Gasteiger charge is -2.11. The Morgan fingerprint density at radius 3 is 1.13 bits per heavy atom. The number of carbonyl (C=O) groups is 4. The Balaban J connectivity index is 1.35. The third kappa shape index (κ3) is 15.2. The number of carbonyl (C=O) groups excluding carboxylic acids is 4. The van der Waals surface area contributed by atoms with Gasteiger partial charge in [-0.3, -0.25) is 0 Å². The van der Waals surface area contributed by atoms with E-state index in [1.165, 1.54) is 24.3 Å². The highest BCUT2D eigenvalue weighted by Crippen LogP contribution is 2.29. The molecule has 290 valence electrons. The van der Waals surface area contributed by atoms with Crippen molar-refractivity contribution in [2.75, 3.05) is 26.4 Å². The number of hydrogen-bond acceptors (Lipinski definition) is 10. The molecular formula is C42H48F2O10. The Labute approximate surface area is 315 Å². The maximum Gasteiger partial charge on any atom is 0.343 e. The van der Waals surface area contributed by atoms with Gasteiger partial charge in [0.1, 0.15) is 11.5 Å². The minimum absolute atomic E-state index is 0.0909. The van der Waals surface area contributed by atoms with Crippen LogP contribution in [0.2, 0.25) is 0 Å². The summed E-state index contributed by atoms with van der Waals surface area (Å²) in [6.45, 7) is 12.0. The molecule has 0 heterocycles. The minimum Gasteiger partial charge on any atom is -0.494 e. The number of ether oxygens (including phenoxy) is 6. The van der Waals surface area contributed by atoms with Gasteiger partial charge in [0.25, 0.3) is 0 Å². The summed E-state index contributed by atoms with van der Waals surface area (Å²) in [6.07, 6.45) is 8.84. The van der Waals surface area contributed by atoms with Crippen LogP contribution in [0.3, 0.4) is 0 Å². The third-order valence-electron chi connectivity index (χ3n) is 7.87. The lowest BCUT2D eigenvalue weighted by Crippen LogP contribution is -2.12. The van der Waals surface area contributed by atoms with E-state index >= 15 is 0 Å². The summed E-state index contributed by atoms with van der Waals surface area (Å²) in [5.74, 6) is -5.84. The molecule has 0 saturated heterocycles. The van der Waals surface area contributed by atoms with Gasteiger partial charge >= 0.3 is 23.9 Å². The summed E-state index contributed by atoms with van der Waals surface area (Å²) in [5, 5.41) is 0. The topological polar surface area (TPSA) is 124 Å². The highest BCUT2D eigenvalue weighted by atomic mass is 19.2. The maximum absolute atomic E-state index is 14.8. The van der Waals surface area contributed by atoms with Crippen LogP contribution in [0.5, 0.6) is 23.0 Å². The molecule has 0 aliphatic heterocycles. The Hall–Kier alpha value is -5.52. The van der Waals surface area contributed by atoms with Crippen molar-refractivity contribution >= 4 is 23.9 Å². The second kappa shape index (κ2) is 23.2. The van der Waals surface area contributed by atoms with Crippen LogP contribution < -0.4 is 18.9 Å². The molecular weight excluding hydrogens is 702 g/mol.